The molecule has 1 aliphatic rings. The Balaban J connectivity index is 1.85. The van der Waals surface area contributed by atoms with Gasteiger partial charge in [-0.2, -0.15) is 0 Å². The highest BCUT2D eigenvalue weighted by Gasteiger charge is 2.28. The Labute approximate surface area is 130 Å². The molecule has 1 amide bonds. The van der Waals surface area contributed by atoms with Crippen molar-refractivity contribution in [1.82, 2.24) is 10.2 Å². The largest absolute Gasteiger partial charge is 0.497 e. The van der Waals surface area contributed by atoms with Crippen molar-refractivity contribution in [1.29, 1.82) is 0 Å². The molecule has 0 aliphatic carbocycles. The van der Waals surface area contributed by atoms with Crippen LogP contribution < -0.4 is 10.1 Å². The zero-order chi connectivity index (χ0) is 15.4. The van der Waals surface area contributed by atoms with Crippen LogP contribution in [-0.2, 0) is 11.3 Å². The van der Waals surface area contributed by atoms with E-state index in [0.717, 1.165) is 23.4 Å². The predicted molar refractivity (Wildman–Crippen MR) is 85.6 cm³/mol. The van der Waals surface area contributed by atoms with Gasteiger partial charge in [0.05, 0.1) is 19.7 Å². The van der Waals surface area contributed by atoms with Crippen molar-refractivity contribution in [3.05, 3.63) is 65.7 Å². The van der Waals surface area contributed by atoms with E-state index in [4.69, 9.17) is 4.74 Å². The van der Waals surface area contributed by atoms with Crippen molar-refractivity contribution in [3.8, 4) is 5.75 Å². The van der Waals surface area contributed by atoms with Gasteiger partial charge in [-0.1, -0.05) is 42.5 Å². The lowest BCUT2D eigenvalue weighted by Crippen LogP contribution is -2.49. The Morgan fingerprint density at radius 1 is 1.18 bits per heavy atom. The summed E-state index contributed by atoms with van der Waals surface area (Å²) in [6.07, 6.45) is 0. The maximum atomic E-state index is 12.4. The summed E-state index contributed by atoms with van der Waals surface area (Å²) in [5.74, 6) is 0.944. The second kappa shape index (κ2) is 6.62. The highest BCUT2D eigenvalue weighted by molar-refractivity contribution is 5.79. The van der Waals surface area contributed by atoms with E-state index in [1.54, 1.807) is 7.11 Å². The molecule has 1 heterocycles. The van der Waals surface area contributed by atoms with Gasteiger partial charge in [-0.25, -0.2) is 0 Å². The third-order valence-electron chi connectivity index (χ3n) is 3.98. The topological polar surface area (TPSA) is 41.6 Å². The Morgan fingerprint density at radius 2 is 2.00 bits per heavy atom. The number of piperazine rings is 1. The van der Waals surface area contributed by atoms with E-state index in [1.165, 1.54) is 0 Å². The summed E-state index contributed by atoms with van der Waals surface area (Å²) < 4.78 is 5.27. The third-order valence-corrected chi connectivity index (χ3v) is 3.98. The molecule has 1 aliphatic heterocycles. The number of hydrogen-bond donors (Lipinski definition) is 1. The van der Waals surface area contributed by atoms with Crippen LogP contribution in [0.4, 0.5) is 0 Å². The number of nitrogens with zero attached hydrogens (tertiary/aromatic N) is 1. The molecule has 0 unspecified atom stereocenters. The molecule has 22 heavy (non-hydrogen) atoms. The SMILES string of the molecule is COc1cccc(CN2C(=O)CNC[C@@H]2c2ccccc2)c1. The minimum absolute atomic E-state index is 0.0636. The maximum Gasteiger partial charge on any atom is 0.237 e. The average Bonchev–Trinajstić information content (AvgIpc) is 2.58. The van der Waals surface area contributed by atoms with E-state index in [0.29, 0.717) is 13.1 Å². The first-order chi connectivity index (χ1) is 10.8. The lowest BCUT2D eigenvalue weighted by molar-refractivity contribution is -0.135. The second-order valence-corrected chi connectivity index (χ2v) is 5.43. The summed E-state index contributed by atoms with van der Waals surface area (Å²) in [5, 5.41) is 3.21. The van der Waals surface area contributed by atoms with Crippen LogP contribution in [0.15, 0.2) is 54.6 Å². The normalized spacial score (nSPS) is 18.3. The van der Waals surface area contributed by atoms with Gasteiger partial charge in [0.2, 0.25) is 5.91 Å². The standard InChI is InChI=1S/C18H20N2O2/c1-22-16-9-5-6-14(10-16)13-20-17(11-19-12-18(20)21)15-7-3-2-4-8-15/h2-10,17,19H,11-13H2,1H3/t17-/m1/s1. The van der Waals surface area contributed by atoms with Crippen molar-refractivity contribution < 1.29 is 9.53 Å². The highest BCUT2D eigenvalue weighted by atomic mass is 16.5. The minimum Gasteiger partial charge on any atom is -0.497 e. The Hall–Kier alpha value is -2.33. The van der Waals surface area contributed by atoms with Crippen LogP contribution >= 0.6 is 0 Å². The molecule has 0 spiro atoms. The van der Waals surface area contributed by atoms with Gasteiger partial charge in [0.25, 0.3) is 0 Å². The molecule has 0 aromatic heterocycles. The predicted octanol–water partition coefficient (Wildman–Crippen LogP) is 2.37. The van der Waals surface area contributed by atoms with Crippen molar-refractivity contribution in [2.24, 2.45) is 0 Å². The maximum absolute atomic E-state index is 12.4. The lowest BCUT2D eigenvalue weighted by atomic mass is 10.0. The van der Waals surface area contributed by atoms with Crippen LogP contribution in [-0.4, -0.2) is 31.0 Å². The first-order valence-electron chi connectivity index (χ1n) is 7.46. The number of nitrogens with one attached hydrogen (secondary N) is 1. The van der Waals surface area contributed by atoms with Gasteiger partial charge in [0.15, 0.2) is 0 Å². The molecular formula is C18H20N2O2. The zero-order valence-corrected chi connectivity index (χ0v) is 12.7. The number of ether oxygens (including phenoxy) is 1. The van der Waals surface area contributed by atoms with Gasteiger partial charge >= 0.3 is 0 Å². The number of benzene rings is 2. The average molecular weight is 296 g/mol. The molecule has 1 fully saturated rings. The van der Waals surface area contributed by atoms with Crippen molar-refractivity contribution in [2.75, 3.05) is 20.2 Å². The van der Waals surface area contributed by atoms with E-state index >= 15 is 0 Å². The number of carbonyl (C=O) groups is 1. The van der Waals surface area contributed by atoms with E-state index in [2.05, 4.69) is 17.4 Å². The number of carbonyl (C=O) groups excluding carboxylic acids is 1. The van der Waals surface area contributed by atoms with Crippen LogP contribution in [0, 0.1) is 0 Å². The van der Waals surface area contributed by atoms with Gasteiger partial charge in [-0.3, -0.25) is 4.79 Å². The molecule has 1 atom stereocenters. The summed E-state index contributed by atoms with van der Waals surface area (Å²) in [5.41, 5.74) is 2.24. The molecule has 0 bridgehead atoms. The summed E-state index contributed by atoms with van der Waals surface area (Å²) in [7, 11) is 1.65. The molecule has 0 radical (unpaired) electrons. The number of rotatable bonds is 4. The highest BCUT2D eigenvalue weighted by Crippen LogP contribution is 2.25. The van der Waals surface area contributed by atoms with Crippen LogP contribution in [0.1, 0.15) is 17.2 Å². The van der Waals surface area contributed by atoms with Crippen LogP contribution in [0.2, 0.25) is 0 Å². The van der Waals surface area contributed by atoms with Crippen molar-refractivity contribution in [2.45, 2.75) is 12.6 Å². The Bertz CT molecular complexity index is 643. The number of amides is 1. The summed E-state index contributed by atoms with van der Waals surface area (Å²) in [6, 6.07) is 18.1. The fraction of sp³-hybridized carbons (Fsp3) is 0.278. The monoisotopic (exact) mass is 296 g/mol. The molecule has 3 rings (SSSR count). The zero-order valence-electron chi connectivity index (χ0n) is 12.7. The smallest absolute Gasteiger partial charge is 0.237 e. The molecule has 4 nitrogen and oxygen atoms in total. The second-order valence-electron chi connectivity index (χ2n) is 5.43. The number of hydrogen-bond acceptors (Lipinski definition) is 3. The fourth-order valence-electron chi connectivity index (χ4n) is 2.84. The van der Waals surface area contributed by atoms with Gasteiger partial charge in [0, 0.05) is 13.1 Å². The van der Waals surface area contributed by atoms with Gasteiger partial charge < -0.3 is 15.0 Å². The summed E-state index contributed by atoms with van der Waals surface area (Å²) in [4.78, 5) is 14.3. The summed E-state index contributed by atoms with van der Waals surface area (Å²) >= 11 is 0. The van der Waals surface area contributed by atoms with Gasteiger partial charge in [-0.15, -0.1) is 0 Å². The van der Waals surface area contributed by atoms with E-state index in [9.17, 15) is 4.79 Å². The molecule has 2 aromatic carbocycles. The molecule has 114 valence electrons. The van der Waals surface area contributed by atoms with E-state index in [-0.39, 0.29) is 11.9 Å². The number of methoxy groups -OCH3 is 1. The Morgan fingerprint density at radius 3 is 2.77 bits per heavy atom. The lowest BCUT2D eigenvalue weighted by Gasteiger charge is -2.36. The van der Waals surface area contributed by atoms with Crippen LogP contribution in [0.25, 0.3) is 0 Å². The van der Waals surface area contributed by atoms with Gasteiger partial charge in [0.1, 0.15) is 5.75 Å². The van der Waals surface area contributed by atoms with Crippen molar-refractivity contribution in [3.63, 3.8) is 0 Å². The molecular weight excluding hydrogens is 276 g/mol. The van der Waals surface area contributed by atoms with E-state index < -0.39 is 0 Å². The molecule has 1 N–H and O–H groups in total. The molecule has 0 saturated carbocycles. The van der Waals surface area contributed by atoms with Gasteiger partial charge in [-0.05, 0) is 23.3 Å². The van der Waals surface area contributed by atoms with Crippen molar-refractivity contribution >= 4 is 5.91 Å². The molecule has 2 aromatic rings. The van der Waals surface area contributed by atoms with Crippen LogP contribution in [0.5, 0.6) is 5.75 Å². The molecule has 4 heteroatoms. The first kappa shape index (κ1) is 14.6. The summed E-state index contributed by atoms with van der Waals surface area (Å²) in [6.45, 7) is 1.77. The first-order valence-corrected chi connectivity index (χ1v) is 7.46. The Kier molecular flexibility index (Phi) is 4.39. The third kappa shape index (κ3) is 3.12. The quantitative estimate of drug-likeness (QED) is 0.942. The fourth-order valence-corrected chi connectivity index (χ4v) is 2.84. The van der Waals surface area contributed by atoms with E-state index in [1.807, 2.05) is 47.4 Å². The molecule has 1 saturated heterocycles. The minimum atomic E-state index is 0.0636. The van der Waals surface area contributed by atoms with Crippen LogP contribution in [0.3, 0.4) is 0 Å².